The first-order valence-corrected chi connectivity index (χ1v) is 9.52. The third-order valence-electron chi connectivity index (χ3n) is 5.11. The van der Waals surface area contributed by atoms with Crippen molar-refractivity contribution in [2.45, 2.75) is 6.92 Å². The number of nitrogens with zero attached hydrogens (tertiary/aromatic N) is 3. The predicted molar refractivity (Wildman–Crippen MR) is 113 cm³/mol. The van der Waals surface area contributed by atoms with E-state index in [9.17, 15) is 19.7 Å². The molecule has 1 aliphatic heterocycles. The number of esters is 1. The summed E-state index contributed by atoms with van der Waals surface area (Å²) in [6.45, 7) is 5.84. The Morgan fingerprint density at radius 1 is 1.07 bits per heavy atom. The van der Waals surface area contributed by atoms with Gasteiger partial charge >= 0.3 is 5.97 Å². The van der Waals surface area contributed by atoms with E-state index < -0.39 is 16.8 Å². The van der Waals surface area contributed by atoms with Crippen LogP contribution in [0.3, 0.4) is 0 Å². The van der Waals surface area contributed by atoms with E-state index >= 15 is 0 Å². The number of nitrogens with one attached hydrogen (secondary N) is 1. The van der Waals surface area contributed by atoms with Crippen LogP contribution in [0.4, 0.5) is 17.1 Å². The van der Waals surface area contributed by atoms with Gasteiger partial charge in [-0.15, -0.1) is 0 Å². The number of rotatable bonds is 5. The van der Waals surface area contributed by atoms with Crippen molar-refractivity contribution in [2.75, 3.05) is 50.6 Å². The van der Waals surface area contributed by atoms with Crippen LogP contribution in [0.1, 0.15) is 26.3 Å². The van der Waals surface area contributed by atoms with Crippen LogP contribution in [0, 0.1) is 17.0 Å². The van der Waals surface area contributed by atoms with Crippen LogP contribution in [-0.4, -0.2) is 62.0 Å². The standard InChI is InChI=1S/C21H24N4O5/c1-14-10-17(4-5-19(14)24-8-6-23(2)7-9-24)22-20(26)15-11-16(21(27)30-3)13-18(12-15)25(28)29/h4-5,10-13H,6-9H2,1-3H3,(H,22,26). The van der Waals surface area contributed by atoms with Gasteiger partial charge in [-0.2, -0.15) is 0 Å². The number of nitro groups is 1. The molecule has 0 atom stereocenters. The van der Waals surface area contributed by atoms with E-state index in [4.69, 9.17) is 0 Å². The van der Waals surface area contributed by atoms with Gasteiger partial charge in [-0.1, -0.05) is 0 Å². The topological polar surface area (TPSA) is 105 Å². The largest absolute Gasteiger partial charge is 0.465 e. The molecule has 1 aliphatic rings. The average Bonchev–Trinajstić information content (AvgIpc) is 2.73. The van der Waals surface area contributed by atoms with Crippen LogP contribution in [0.2, 0.25) is 0 Å². The number of amides is 1. The molecule has 2 aromatic carbocycles. The summed E-state index contributed by atoms with van der Waals surface area (Å²) in [4.78, 5) is 39.6. The number of carbonyl (C=O) groups is 2. The molecule has 0 aromatic heterocycles. The van der Waals surface area contributed by atoms with Crippen molar-refractivity contribution < 1.29 is 19.2 Å². The predicted octanol–water partition coefficient (Wildman–Crippen LogP) is 2.69. The minimum absolute atomic E-state index is 0.00500. The molecule has 2 aromatic rings. The second kappa shape index (κ2) is 8.91. The van der Waals surface area contributed by atoms with Gasteiger partial charge in [-0.05, 0) is 43.8 Å². The van der Waals surface area contributed by atoms with E-state index in [2.05, 4.69) is 26.9 Å². The zero-order valence-electron chi connectivity index (χ0n) is 17.2. The quantitative estimate of drug-likeness (QED) is 0.457. The lowest BCUT2D eigenvalue weighted by atomic mass is 10.1. The number of ether oxygens (including phenoxy) is 1. The SMILES string of the molecule is COC(=O)c1cc(C(=O)Nc2ccc(N3CCN(C)CC3)c(C)c2)cc([N+](=O)[O-])c1. The number of nitro benzene ring substituents is 1. The van der Waals surface area contributed by atoms with Gasteiger partial charge in [0.25, 0.3) is 11.6 Å². The lowest BCUT2D eigenvalue weighted by Crippen LogP contribution is -2.44. The molecular formula is C21H24N4O5. The summed E-state index contributed by atoms with van der Waals surface area (Å²) in [5.74, 6) is -1.30. The van der Waals surface area contributed by atoms with Gasteiger partial charge in [0.05, 0.1) is 17.6 Å². The fourth-order valence-corrected chi connectivity index (χ4v) is 3.42. The van der Waals surface area contributed by atoms with E-state index in [-0.39, 0.29) is 16.8 Å². The van der Waals surface area contributed by atoms with E-state index in [1.54, 1.807) is 6.07 Å². The maximum absolute atomic E-state index is 12.7. The van der Waals surface area contributed by atoms with Crippen molar-refractivity contribution in [3.63, 3.8) is 0 Å². The molecule has 0 radical (unpaired) electrons. The van der Waals surface area contributed by atoms with E-state index in [0.717, 1.165) is 49.6 Å². The number of likely N-dealkylation sites (N-methyl/N-ethyl adjacent to an activating group) is 1. The summed E-state index contributed by atoms with van der Waals surface area (Å²) < 4.78 is 4.62. The fraction of sp³-hybridized carbons (Fsp3) is 0.333. The average molecular weight is 412 g/mol. The number of non-ortho nitro benzene ring substituents is 1. The number of methoxy groups -OCH3 is 1. The van der Waals surface area contributed by atoms with E-state index in [1.165, 1.54) is 13.2 Å². The second-order valence-electron chi connectivity index (χ2n) is 7.26. The number of aryl methyl sites for hydroxylation is 1. The summed E-state index contributed by atoms with van der Waals surface area (Å²) in [5.41, 5.74) is 2.30. The highest BCUT2D eigenvalue weighted by Crippen LogP contribution is 2.25. The maximum atomic E-state index is 12.7. The van der Waals surface area contributed by atoms with E-state index in [1.807, 2.05) is 19.1 Å². The summed E-state index contributed by atoms with van der Waals surface area (Å²) in [5, 5.41) is 13.9. The Morgan fingerprint density at radius 3 is 2.33 bits per heavy atom. The third kappa shape index (κ3) is 4.74. The van der Waals surface area contributed by atoms with Gasteiger partial charge in [-0.3, -0.25) is 14.9 Å². The molecule has 1 amide bonds. The van der Waals surface area contributed by atoms with Crippen LogP contribution < -0.4 is 10.2 Å². The first-order valence-electron chi connectivity index (χ1n) is 9.52. The summed E-state index contributed by atoms with van der Waals surface area (Å²) in [6, 6.07) is 9.12. The van der Waals surface area contributed by atoms with Crippen LogP contribution in [0.5, 0.6) is 0 Å². The highest BCUT2D eigenvalue weighted by atomic mass is 16.6. The third-order valence-corrected chi connectivity index (χ3v) is 5.11. The smallest absolute Gasteiger partial charge is 0.338 e. The second-order valence-corrected chi connectivity index (χ2v) is 7.26. The Bertz CT molecular complexity index is 983. The molecule has 1 heterocycles. The Hall–Kier alpha value is -3.46. The lowest BCUT2D eigenvalue weighted by Gasteiger charge is -2.35. The van der Waals surface area contributed by atoms with Crippen molar-refractivity contribution >= 4 is 28.9 Å². The van der Waals surface area contributed by atoms with Gasteiger partial charge in [0.1, 0.15) is 0 Å². The van der Waals surface area contributed by atoms with Gasteiger partial charge in [0, 0.05) is 55.2 Å². The normalized spacial score (nSPS) is 14.3. The monoisotopic (exact) mass is 412 g/mol. The Kier molecular flexibility index (Phi) is 6.31. The molecule has 0 bridgehead atoms. The van der Waals surface area contributed by atoms with Gasteiger partial charge in [0.15, 0.2) is 0 Å². The summed E-state index contributed by atoms with van der Waals surface area (Å²) >= 11 is 0. The van der Waals surface area contributed by atoms with Crippen molar-refractivity contribution in [2.24, 2.45) is 0 Å². The fourth-order valence-electron chi connectivity index (χ4n) is 3.42. The van der Waals surface area contributed by atoms with Crippen molar-refractivity contribution in [3.05, 3.63) is 63.2 Å². The van der Waals surface area contributed by atoms with Gasteiger partial charge < -0.3 is 19.9 Å². The zero-order chi connectivity index (χ0) is 21.8. The van der Waals surface area contributed by atoms with Crippen molar-refractivity contribution in [1.29, 1.82) is 0 Å². The van der Waals surface area contributed by atoms with Crippen molar-refractivity contribution in [1.82, 2.24) is 4.90 Å². The molecule has 3 rings (SSSR count). The lowest BCUT2D eigenvalue weighted by molar-refractivity contribution is -0.384. The Balaban J connectivity index is 1.80. The highest BCUT2D eigenvalue weighted by Gasteiger charge is 2.19. The molecule has 1 saturated heterocycles. The number of benzene rings is 2. The van der Waals surface area contributed by atoms with Gasteiger partial charge in [-0.25, -0.2) is 4.79 Å². The highest BCUT2D eigenvalue weighted by molar-refractivity contribution is 6.06. The zero-order valence-corrected chi connectivity index (χ0v) is 17.2. The first kappa shape index (κ1) is 21.3. The van der Waals surface area contributed by atoms with Crippen molar-refractivity contribution in [3.8, 4) is 0 Å². The molecule has 9 nitrogen and oxygen atoms in total. The van der Waals surface area contributed by atoms with Crippen LogP contribution in [-0.2, 0) is 4.74 Å². The minimum Gasteiger partial charge on any atom is -0.465 e. The Labute approximate surface area is 174 Å². The molecule has 30 heavy (non-hydrogen) atoms. The first-order chi connectivity index (χ1) is 14.3. The summed E-state index contributed by atoms with van der Waals surface area (Å²) in [7, 11) is 3.27. The molecule has 1 fully saturated rings. The number of hydrogen-bond donors (Lipinski definition) is 1. The Morgan fingerprint density at radius 2 is 1.73 bits per heavy atom. The molecule has 0 aliphatic carbocycles. The molecule has 0 spiro atoms. The van der Waals surface area contributed by atoms with Crippen LogP contribution >= 0.6 is 0 Å². The van der Waals surface area contributed by atoms with Crippen LogP contribution in [0.15, 0.2) is 36.4 Å². The summed E-state index contributed by atoms with van der Waals surface area (Å²) in [6.07, 6.45) is 0. The molecule has 1 N–H and O–H groups in total. The van der Waals surface area contributed by atoms with Crippen LogP contribution in [0.25, 0.3) is 0 Å². The van der Waals surface area contributed by atoms with E-state index in [0.29, 0.717) is 5.69 Å². The molecular weight excluding hydrogens is 388 g/mol. The molecule has 9 heteroatoms. The number of hydrogen-bond acceptors (Lipinski definition) is 7. The number of anilines is 2. The molecule has 158 valence electrons. The number of carbonyl (C=O) groups excluding carboxylic acids is 2. The molecule has 0 unspecified atom stereocenters. The molecule has 0 saturated carbocycles. The minimum atomic E-state index is -0.750. The maximum Gasteiger partial charge on any atom is 0.338 e. The number of piperazine rings is 1. The van der Waals surface area contributed by atoms with Gasteiger partial charge in [0.2, 0.25) is 0 Å².